The fourth-order valence-electron chi connectivity index (χ4n) is 1.73. The second-order valence-corrected chi connectivity index (χ2v) is 5.07. The molecule has 0 saturated carbocycles. The Bertz CT molecular complexity index is 137. The van der Waals surface area contributed by atoms with Crippen LogP contribution in [0.3, 0.4) is 0 Å². The maximum atomic E-state index is 5.61. The van der Waals surface area contributed by atoms with Crippen LogP contribution in [-0.2, 0) is 4.84 Å². The predicted octanol–water partition coefficient (Wildman–Crippen LogP) is 4.30. The molecule has 0 spiro atoms. The third-order valence-electron chi connectivity index (χ3n) is 2.86. The first kappa shape index (κ1) is 15.9. The highest BCUT2D eigenvalue weighted by Crippen LogP contribution is 2.12. The van der Waals surface area contributed by atoms with Gasteiger partial charge >= 0.3 is 0 Å². The van der Waals surface area contributed by atoms with Crippen LogP contribution < -0.4 is 5.48 Å². The van der Waals surface area contributed by atoms with E-state index in [1.165, 1.54) is 32.1 Å². The third kappa shape index (κ3) is 10.4. The van der Waals surface area contributed by atoms with Crippen LogP contribution in [-0.4, -0.2) is 12.6 Å². The molecule has 0 aromatic rings. The van der Waals surface area contributed by atoms with Crippen LogP contribution in [0, 0.1) is 5.92 Å². The minimum Gasteiger partial charge on any atom is -0.299 e. The van der Waals surface area contributed by atoms with E-state index in [0.29, 0.717) is 6.10 Å². The molecule has 1 unspecified atom stereocenters. The summed E-state index contributed by atoms with van der Waals surface area (Å²) in [6, 6.07) is 0. The standard InChI is InChI=1S/C14H31NO/c1-5-12-15-16-14(6-2)11-9-7-8-10-13(3)4/h13-15H,5-12H2,1-4H3. The maximum absolute atomic E-state index is 5.61. The summed E-state index contributed by atoms with van der Waals surface area (Å²) < 4.78 is 0. The Kier molecular flexibility index (Phi) is 11.3. The van der Waals surface area contributed by atoms with E-state index >= 15 is 0 Å². The van der Waals surface area contributed by atoms with E-state index in [4.69, 9.17) is 4.84 Å². The van der Waals surface area contributed by atoms with Gasteiger partial charge in [0, 0.05) is 6.54 Å². The van der Waals surface area contributed by atoms with Gasteiger partial charge in [-0.1, -0.05) is 53.4 Å². The zero-order valence-corrected chi connectivity index (χ0v) is 11.7. The number of unbranched alkanes of at least 4 members (excludes halogenated alkanes) is 2. The van der Waals surface area contributed by atoms with Gasteiger partial charge in [-0.05, 0) is 25.2 Å². The van der Waals surface area contributed by atoms with Gasteiger partial charge in [0.1, 0.15) is 0 Å². The molecule has 0 aromatic heterocycles. The molecule has 98 valence electrons. The molecule has 0 heterocycles. The minimum atomic E-state index is 0.408. The first-order chi connectivity index (χ1) is 7.70. The number of nitrogens with one attached hydrogen (secondary N) is 1. The molecule has 0 aromatic carbocycles. The van der Waals surface area contributed by atoms with Crippen molar-refractivity contribution in [1.29, 1.82) is 0 Å². The molecule has 0 rings (SSSR count). The van der Waals surface area contributed by atoms with E-state index in [-0.39, 0.29) is 0 Å². The smallest absolute Gasteiger partial charge is 0.0787 e. The van der Waals surface area contributed by atoms with Crippen molar-refractivity contribution in [2.45, 2.75) is 78.7 Å². The summed E-state index contributed by atoms with van der Waals surface area (Å²) in [4.78, 5) is 5.61. The Labute approximate surface area is 102 Å². The predicted molar refractivity (Wildman–Crippen MR) is 71.4 cm³/mol. The van der Waals surface area contributed by atoms with Gasteiger partial charge < -0.3 is 0 Å². The summed E-state index contributed by atoms with van der Waals surface area (Å²) in [5.74, 6) is 0.851. The van der Waals surface area contributed by atoms with Crippen molar-refractivity contribution in [2.24, 2.45) is 5.92 Å². The van der Waals surface area contributed by atoms with Crippen LogP contribution >= 0.6 is 0 Å². The van der Waals surface area contributed by atoms with Gasteiger partial charge in [-0.25, -0.2) is 5.48 Å². The van der Waals surface area contributed by atoms with Crippen LogP contribution in [0.5, 0.6) is 0 Å². The summed E-state index contributed by atoms with van der Waals surface area (Å²) in [5, 5.41) is 0. The van der Waals surface area contributed by atoms with Gasteiger partial charge in [0.2, 0.25) is 0 Å². The molecule has 2 nitrogen and oxygen atoms in total. The molecule has 0 fully saturated rings. The van der Waals surface area contributed by atoms with Gasteiger partial charge in [0.05, 0.1) is 6.10 Å². The van der Waals surface area contributed by atoms with Gasteiger partial charge in [0.15, 0.2) is 0 Å². The molecular weight excluding hydrogens is 198 g/mol. The van der Waals surface area contributed by atoms with Crippen LogP contribution in [0.2, 0.25) is 0 Å². The number of rotatable bonds is 11. The van der Waals surface area contributed by atoms with Gasteiger partial charge in [0.25, 0.3) is 0 Å². The van der Waals surface area contributed by atoms with Crippen molar-refractivity contribution >= 4 is 0 Å². The van der Waals surface area contributed by atoms with Crippen LogP contribution in [0.15, 0.2) is 0 Å². The second kappa shape index (κ2) is 11.4. The molecule has 1 N–H and O–H groups in total. The molecule has 2 heteroatoms. The monoisotopic (exact) mass is 229 g/mol. The van der Waals surface area contributed by atoms with Gasteiger partial charge in [-0.15, -0.1) is 0 Å². The lowest BCUT2D eigenvalue weighted by Gasteiger charge is -2.16. The average Bonchev–Trinajstić information content (AvgIpc) is 2.26. The number of hydroxylamine groups is 1. The molecule has 0 saturated heterocycles. The normalized spacial score (nSPS) is 13.3. The Morgan fingerprint density at radius 1 is 1.00 bits per heavy atom. The first-order valence-electron chi connectivity index (χ1n) is 7.09. The van der Waals surface area contributed by atoms with Crippen LogP contribution in [0.4, 0.5) is 0 Å². The van der Waals surface area contributed by atoms with E-state index < -0.39 is 0 Å². The van der Waals surface area contributed by atoms with E-state index in [0.717, 1.165) is 25.3 Å². The number of hydrogen-bond acceptors (Lipinski definition) is 2. The lowest BCUT2D eigenvalue weighted by atomic mass is 10.0. The minimum absolute atomic E-state index is 0.408. The quantitative estimate of drug-likeness (QED) is 0.421. The first-order valence-corrected chi connectivity index (χ1v) is 7.09. The molecule has 0 bridgehead atoms. The summed E-state index contributed by atoms with van der Waals surface area (Å²) in [6.45, 7) is 9.92. The van der Waals surface area contributed by atoms with Crippen molar-refractivity contribution in [3.05, 3.63) is 0 Å². The Morgan fingerprint density at radius 2 is 1.69 bits per heavy atom. The fourth-order valence-corrected chi connectivity index (χ4v) is 1.73. The molecule has 1 atom stereocenters. The van der Waals surface area contributed by atoms with Crippen molar-refractivity contribution in [2.75, 3.05) is 6.54 Å². The van der Waals surface area contributed by atoms with E-state index in [1.807, 2.05) is 0 Å². The van der Waals surface area contributed by atoms with E-state index in [9.17, 15) is 0 Å². The lowest BCUT2D eigenvalue weighted by Crippen LogP contribution is -2.24. The van der Waals surface area contributed by atoms with Crippen LogP contribution in [0.25, 0.3) is 0 Å². The van der Waals surface area contributed by atoms with Crippen molar-refractivity contribution in [1.82, 2.24) is 5.48 Å². The average molecular weight is 229 g/mol. The van der Waals surface area contributed by atoms with Crippen molar-refractivity contribution < 1.29 is 4.84 Å². The Hall–Kier alpha value is -0.0800. The van der Waals surface area contributed by atoms with Crippen molar-refractivity contribution in [3.8, 4) is 0 Å². The molecule has 0 aliphatic heterocycles. The maximum Gasteiger partial charge on any atom is 0.0787 e. The van der Waals surface area contributed by atoms with E-state index in [1.54, 1.807) is 0 Å². The van der Waals surface area contributed by atoms with Gasteiger partial charge in [-0.3, -0.25) is 4.84 Å². The summed E-state index contributed by atoms with van der Waals surface area (Å²) in [5.41, 5.74) is 3.05. The molecule has 16 heavy (non-hydrogen) atoms. The zero-order chi connectivity index (χ0) is 12.2. The summed E-state index contributed by atoms with van der Waals surface area (Å²) in [7, 11) is 0. The van der Waals surface area contributed by atoms with E-state index in [2.05, 4.69) is 33.2 Å². The van der Waals surface area contributed by atoms with Gasteiger partial charge in [-0.2, -0.15) is 0 Å². The molecule has 0 aliphatic rings. The summed E-state index contributed by atoms with van der Waals surface area (Å²) in [6.07, 6.45) is 9.25. The summed E-state index contributed by atoms with van der Waals surface area (Å²) >= 11 is 0. The molecule has 0 aliphatic carbocycles. The fraction of sp³-hybridized carbons (Fsp3) is 1.00. The molecular formula is C14H31NO. The Morgan fingerprint density at radius 3 is 2.25 bits per heavy atom. The Balaban J connectivity index is 3.33. The highest BCUT2D eigenvalue weighted by Gasteiger charge is 2.06. The second-order valence-electron chi connectivity index (χ2n) is 5.07. The molecule has 0 amide bonds. The largest absolute Gasteiger partial charge is 0.299 e. The number of hydrogen-bond donors (Lipinski definition) is 1. The highest BCUT2D eigenvalue weighted by atomic mass is 16.7. The SMILES string of the molecule is CCCNOC(CC)CCCCCC(C)C. The third-order valence-corrected chi connectivity index (χ3v) is 2.86. The highest BCUT2D eigenvalue weighted by molar-refractivity contribution is 4.56. The topological polar surface area (TPSA) is 21.3 Å². The zero-order valence-electron chi connectivity index (χ0n) is 11.7. The molecule has 0 radical (unpaired) electrons. The van der Waals surface area contributed by atoms with Crippen LogP contribution in [0.1, 0.15) is 72.6 Å². The van der Waals surface area contributed by atoms with Crippen molar-refractivity contribution in [3.63, 3.8) is 0 Å². The lowest BCUT2D eigenvalue weighted by molar-refractivity contribution is -0.0313.